The first-order chi connectivity index (χ1) is 8.50. The van der Waals surface area contributed by atoms with Gasteiger partial charge in [-0.2, -0.15) is 13.2 Å². The van der Waals surface area contributed by atoms with Crippen LogP contribution < -0.4 is 4.90 Å². The van der Waals surface area contributed by atoms with Gasteiger partial charge in [0.15, 0.2) is 0 Å². The van der Waals surface area contributed by atoms with Crippen molar-refractivity contribution in [3.05, 3.63) is 29.8 Å². The van der Waals surface area contributed by atoms with Gasteiger partial charge in [-0.3, -0.25) is 0 Å². The molecule has 0 bridgehead atoms. The van der Waals surface area contributed by atoms with Gasteiger partial charge >= 0.3 is 6.18 Å². The monoisotopic (exact) mass is 263 g/mol. The average Bonchev–Trinajstić information content (AvgIpc) is 2.33. The molecule has 1 aromatic rings. The summed E-state index contributed by atoms with van der Waals surface area (Å²) < 4.78 is 43.4. The van der Waals surface area contributed by atoms with E-state index in [9.17, 15) is 13.2 Å². The zero-order valence-corrected chi connectivity index (χ0v) is 10.1. The average molecular weight is 263 g/mol. The first-order valence-electron chi connectivity index (χ1n) is 5.51. The quantitative estimate of drug-likeness (QED) is 0.853. The van der Waals surface area contributed by atoms with Crippen molar-refractivity contribution in [3.8, 4) is 0 Å². The van der Waals surface area contributed by atoms with Crippen LogP contribution >= 0.6 is 0 Å². The molecule has 0 saturated heterocycles. The summed E-state index contributed by atoms with van der Waals surface area (Å²) >= 11 is 0. The molecule has 6 heteroatoms. The van der Waals surface area contributed by atoms with Crippen molar-refractivity contribution in [1.82, 2.24) is 0 Å². The highest BCUT2D eigenvalue weighted by molar-refractivity contribution is 5.55. The maximum Gasteiger partial charge on any atom is 0.418 e. The van der Waals surface area contributed by atoms with E-state index in [0.29, 0.717) is 13.2 Å². The van der Waals surface area contributed by atoms with Gasteiger partial charge in [0.2, 0.25) is 0 Å². The second kappa shape index (κ2) is 6.61. The van der Waals surface area contributed by atoms with E-state index in [1.807, 2.05) is 0 Å². The van der Waals surface area contributed by atoms with Gasteiger partial charge in [-0.1, -0.05) is 12.1 Å². The number of anilines is 1. The molecule has 1 N–H and O–H groups in total. The zero-order chi connectivity index (χ0) is 13.6. The van der Waals surface area contributed by atoms with Crippen molar-refractivity contribution in [3.63, 3.8) is 0 Å². The van der Waals surface area contributed by atoms with Gasteiger partial charge in [0.25, 0.3) is 0 Å². The summed E-state index contributed by atoms with van der Waals surface area (Å²) in [5.41, 5.74) is -0.634. The fraction of sp³-hybridized carbons (Fsp3) is 0.500. The van der Waals surface area contributed by atoms with Crippen LogP contribution in [0.3, 0.4) is 0 Å². The van der Waals surface area contributed by atoms with Gasteiger partial charge in [-0.25, -0.2) is 0 Å². The van der Waals surface area contributed by atoms with E-state index in [1.165, 1.54) is 24.1 Å². The standard InChI is InChI=1S/C12H16F3NO2/c1-18-9-7-16(6-8-17)11-5-3-2-4-10(11)12(13,14)15/h2-5,17H,6-9H2,1H3. The summed E-state index contributed by atoms with van der Waals surface area (Å²) in [6.07, 6.45) is -4.41. The number of hydrogen-bond donors (Lipinski definition) is 1. The van der Waals surface area contributed by atoms with Crippen LogP contribution in [0.2, 0.25) is 0 Å². The largest absolute Gasteiger partial charge is 0.418 e. The minimum absolute atomic E-state index is 0.0658. The molecule has 0 saturated carbocycles. The topological polar surface area (TPSA) is 32.7 Å². The first kappa shape index (κ1) is 14.8. The fourth-order valence-electron chi connectivity index (χ4n) is 1.66. The number of halogens is 3. The SMILES string of the molecule is COCCN(CCO)c1ccccc1C(F)(F)F. The van der Waals surface area contributed by atoms with Crippen molar-refractivity contribution in [2.24, 2.45) is 0 Å². The Balaban J connectivity index is 3.03. The second-order valence-electron chi connectivity index (χ2n) is 3.72. The number of benzene rings is 1. The summed E-state index contributed by atoms with van der Waals surface area (Å²) in [6, 6.07) is 5.32. The molecular weight excluding hydrogens is 247 g/mol. The van der Waals surface area contributed by atoms with Gasteiger partial charge in [0, 0.05) is 25.9 Å². The molecule has 0 aliphatic heterocycles. The van der Waals surface area contributed by atoms with E-state index < -0.39 is 11.7 Å². The van der Waals surface area contributed by atoms with Crippen LogP contribution in [0, 0.1) is 0 Å². The van der Waals surface area contributed by atoms with E-state index in [2.05, 4.69) is 0 Å². The Morgan fingerprint density at radius 2 is 1.89 bits per heavy atom. The minimum atomic E-state index is -4.41. The van der Waals surface area contributed by atoms with Crippen LogP contribution in [0.5, 0.6) is 0 Å². The highest BCUT2D eigenvalue weighted by Crippen LogP contribution is 2.36. The molecule has 18 heavy (non-hydrogen) atoms. The van der Waals surface area contributed by atoms with Crippen LogP contribution in [0.1, 0.15) is 5.56 Å². The molecule has 1 aromatic carbocycles. The van der Waals surface area contributed by atoms with Crippen LogP contribution in [-0.4, -0.2) is 38.5 Å². The highest BCUT2D eigenvalue weighted by atomic mass is 19.4. The maximum absolute atomic E-state index is 12.9. The molecule has 0 atom stereocenters. The zero-order valence-electron chi connectivity index (χ0n) is 10.1. The Morgan fingerprint density at radius 3 is 2.44 bits per heavy atom. The third-order valence-corrected chi connectivity index (χ3v) is 2.49. The third kappa shape index (κ3) is 3.89. The number of hydrogen-bond acceptors (Lipinski definition) is 3. The fourth-order valence-corrected chi connectivity index (χ4v) is 1.66. The molecule has 0 fully saturated rings. The summed E-state index contributed by atoms with van der Waals surface area (Å²) in [5, 5.41) is 8.93. The van der Waals surface area contributed by atoms with Crippen LogP contribution in [0.15, 0.2) is 24.3 Å². The Kier molecular flexibility index (Phi) is 5.43. The lowest BCUT2D eigenvalue weighted by atomic mass is 10.1. The predicted molar refractivity (Wildman–Crippen MR) is 62.6 cm³/mol. The normalized spacial score (nSPS) is 11.6. The van der Waals surface area contributed by atoms with Crippen molar-refractivity contribution >= 4 is 5.69 Å². The third-order valence-electron chi connectivity index (χ3n) is 2.49. The molecule has 0 aliphatic carbocycles. The smallest absolute Gasteiger partial charge is 0.395 e. The lowest BCUT2D eigenvalue weighted by Gasteiger charge is -2.26. The van der Waals surface area contributed by atoms with Crippen molar-refractivity contribution in [1.29, 1.82) is 0 Å². The van der Waals surface area contributed by atoms with Gasteiger partial charge in [0.05, 0.1) is 18.8 Å². The first-order valence-corrected chi connectivity index (χ1v) is 5.51. The lowest BCUT2D eigenvalue weighted by Crippen LogP contribution is -2.32. The van der Waals surface area contributed by atoms with Crippen LogP contribution in [-0.2, 0) is 10.9 Å². The van der Waals surface area contributed by atoms with E-state index >= 15 is 0 Å². The van der Waals surface area contributed by atoms with Crippen molar-refractivity contribution < 1.29 is 23.0 Å². The number of nitrogens with zero attached hydrogens (tertiary/aromatic N) is 1. The molecule has 102 valence electrons. The number of aliphatic hydroxyl groups is 1. The van der Waals surface area contributed by atoms with E-state index in [1.54, 1.807) is 6.07 Å². The van der Waals surface area contributed by atoms with E-state index in [-0.39, 0.29) is 18.8 Å². The Labute approximate surface area is 104 Å². The van der Waals surface area contributed by atoms with Gasteiger partial charge < -0.3 is 14.7 Å². The van der Waals surface area contributed by atoms with Gasteiger partial charge in [-0.05, 0) is 12.1 Å². The highest BCUT2D eigenvalue weighted by Gasteiger charge is 2.34. The number of ether oxygens (including phenoxy) is 1. The molecule has 0 aliphatic rings. The van der Waals surface area contributed by atoms with Crippen LogP contribution in [0.25, 0.3) is 0 Å². The van der Waals surface area contributed by atoms with E-state index in [0.717, 1.165) is 6.07 Å². The number of rotatable bonds is 6. The summed E-state index contributed by atoms with van der Waals surface area (Å²) in [4.78, 5) is 1.46. The second-order valence-corrected chi connectivity index (χ2v) is 3.72. The van der Waals surface area contributed by atoms with Crippen molar-refractivity contribution in [2.75, 3.05) is 38.3 Å². The van der Waals surface area contributed by atoms with E-state index in [4.69, 9.17) is 9.84 Å². The minimum Gasteiger partial charge on any atom is -0.395 e. The molecule has 0 spiro atoms. The molecular formula is C12H16F3NO2. The summed E-state index contributed by atoms with van der Waals surface area (Å²) in [7, 11) is 1.48. The molecule has 0 heterocycles. The van der Waals surface area contributed by atoms with Gasteiger partial charge in [0.1, 0.15) is 0 Å². The number of para-hydroxylation sites is 1. The molecule has 1 rings (SSSR count). The van der Waals surface area contributed by atoms with Crippen molar-refractivity contribution in [2.45, 2.75) is 6.18 Å². The number of alkyl halides is 3. The van der Waals surface area contributed by atoms with Crippen LogP contribution in [0.4, 0.5) is 18.9 Å². The number of aliphatic hydroxyl groups excluding tert-OH is 1. The summed E-state index contributed by atoms with van der Waals surface area (Å²) in [5.74, 6) is 0. The predicted octanol–water partition coefficient (Wildman–Crippen LogP) is 2.15. The maximum atomic E-state index is 12.9. The Morgan fingerprint density at radius 1 is 1.22 bits per heavy atom. The Bertz CT molecular complexity index is 369. The lowest BCUT2D eigenvalue weighted by molar-refractivity contribution is -0.137. The molecule has 3 nitrogen and oxygen atoms in total. The van der Waals surface area contributed by atoms with Gasteiger partial charge in [-0.15, -0.1) is 0 Å². The molecule has 0 radical (unpaired) electrons. The summed E-state index contributed by atoms with van der Waals surface area (Å²) in [6.45, 7) is 0.517. The number of methoxy groups -OCH3 is 1. The molecule has 0 aromatic heterocycles. The molecule has 0 unspecified atom stereocenters. The Hall–Kier alpha value is -1.27. The molecule has 0 amide bonds.